The van der Waals surface area contributed by atoms with E-state index in [1.807, 2.05) is 29.2 Å². The maximum Gasteiger partial charge on any atom is 0.234 e. The summed E-state index contributed by atoms with van der Waals surface area (Å²) in [5, 5.41) is 0.691. The monoisotopic (exact) mass is 270 g/mol. The lowest BCUT2D eigenvalue weighted by atomic mass is 10.1. The summed E-state index contributed by atoms with van der Waals surface area (Å²) in [7, 11) is 1.63. The first-order valence-corrected chi connectivity index (χ1v) is 6.19. The summed E-state index contributed by atoms with van der Waals surface area (Å²) < 4.78 is 5.04. The van der Waals surface area contributed by atoms with E-state index in [-0.39, 0.29) is 11.9 Å². The van der Waals surface area contributed by atoms with E-state index in [0.717, 1.165) is 5.56 Å². The maximum atomic E-state index is 11.3. The van der Waals surface area contributed by atoms with Gasteiger partial charge in [-0.1, -0.05) is 29.8 Å². The molecule has 0 fully saturated rings. The molecule has 0 bridgehead atoms. The number of hydrogen-bond acceptors (Lipinski definition) is 3. The van der Waals surface area contributed by atoms with Gasteiger partial charge in [0.15, 0.2) is 0 Å². The first-order valence-electron chi connectivity index (χ1n) is 5.82. The fourth-order valence-corrected chi connectivity index (χ4v) is 1.84. The number of hydrogen-bond donors (Lipinski definition) is 1. The number of ether oxygens (including phenoxy) is 1. The molecule has 1 unspecified atom stereocenters. The van der Waals surface area contributed by atoms with E-state index in [1.165, 1.54) is 0 Å². The fourth-order valence-electron chi connectivity index (χ4n) is 1.64. The number of methoxy groups -OCH3 is 1. The Morgan fingerprint density at radius 3 is 2.72 bits per heavy atom. The van der Waals surface area contributed by atoms with Gasteiger partial charge in [-0.3, -0.25) is 9.69 Å². The van der Waals surface area contributed by atoms with Gasteiger partial charge in [-0.2, -0.15) is 0 Å². The van der Waals surface area contributed by atoms with E-state index in [0.29, 0.717) is 24.7 Å². The second-order valence-electron chi connectivity index (χ2n) is 4.13. The van der Waals surface area contributed by atoms with Gasteiger partial charge < -0.3 is 10.5 Å². The van der Waals surface area contributed by atoms with E-state index >= 15 is 0 Å². The van der Waals surface area contributed by atoms with Crippen LogP contribution in [0.4, 0.5) is 0 Å². The minimum atomic E-state index is -0.351. The number of carbonyl (C=O) groups is 1. The van der Waals surface area contributed by atoms with E-state index in [9.17, 15) is 4.79 Å². The van der Waals surface area contributed by atoms with Crippen molar-refractivity contribution < 1.29 is 9.53 Å². The molecule has 1 amide bonds. The first-order chi connectivity index (χ1) is 8.56. The maximum absolute atomic E-state index is 11.3. The third-order valence-electron chi connectivity index (χ3n) is 2.87. The quantitative estimate of drug-likeness (QED) is 0.820. The van der Waals surface area contributed by atoms with E-state index < -0.39 is 0 Å². The molecule has 0 saturated heterocycles. The van der Waals surface area contributed by atoms with Crippen molar-refractivity contribution in [3.63, 3.8) is 0 Å². The van der Waals surface area contributed by atoms with Crippen LogP contribution in [0.2, 0.25) is 5.02 Å². The predicted molar refractivity (Wildman–Crippen MR) is 72.4 cm³/mol. The van der Waals surface area contributed by atoms with Crippen LogP contribution in [0.25, 0.3) is 0 Å². The molecule has 1 aromatic rings. The number of carbonyl (C=O) groups excluding carboxylic acids is 1. The van der Waals surface area contributed by atoms with Gasteiger partial charge in [0.2, 0.25) is 5.91 Å². The van der Waals surface area contributed by atoms with Crippen LogP contribution in [-0.4, -0.2) is 37.1 Å². The Labute approximate surface area is 113 Å². The summed E-state index contributed by atoms with van der Waals surface area (Å²) in [6.07, 6.45) is 0. The van der Waals surface area contributed by atoms with Crippen LogP contribution in [0.5, 0.6) is 0 Å². The van der Waals surface area contributed by atoms with Crippen molar-refractivity contribution in [1.29, 1.82) is 0 Å². The summed E-state index contributed by atoms with van der Waals surface area (Å²) in [5.41, 5.74) is 6.32. The molecule has 0 saturated carbocycles. The third kappa shape index (κ3) is 4.29. The Morgan fingerprint density at radius 2 is 2.17 bits per heavy atom. The molecule has 0 aliphatic rings. The van der Waals surface area contributed by atoms with Crippen LogP contribution in [0.1, 0.15) is 12.5 Å². The highest BCUT2D eigenvalue weighted by atomic mass is 35.5. The van der Waals surface area contributed by atoms with Crippen molar-refractivity contribution in [2.24, 2.45) is 5.73 Å². The first kappa shape index (κ1) is 15.0. The van der Waals surface area contributed by atoms with Gasteiger partial charge in [0.1, 0.15) is 0 Å². The van der Waals surface area contributed by atoms with Crippen molar-refractivity contribution in [2.75, 3.05) is 20.3 Å². The van der Waals surface area contributed by atoms with Crippen LogP contribution in [0.15, 0.2) is 24.3 Å². The standard InChI is InChI=1S/C13H19ClN2O2/c1-10(13(15)17)16(7-8-18-2)9-11-5-3-4-6-12(11)14/h3-6,10H,7-9H2,1-2H3,(H2,15,17). The van der Waals surface area contributed by atoms with Crippen molar-refractivity contribution in [3.8, 4) is 0 Å². The summed E-state index contributed by atoms with van der Waals surface area (Å²) in [5.74, 6) is -0.349. The molecule has 5 heteroatoms. The Hall–Kier alpha value is -1.10. The Balaban J connectivity index is 2.78. The second kappa shape index (κ2) is 7.36. The molecule has 0 aromatic heterocycles. The average molecular weight is 271 g/mol. The highest BCUT2D eigenvalue weighted by molar-refractivity contribution is 6.31. The zero-order valence-electron chi connectivity index (χ0n) is 10.7. The molecule has 1 aromatic carbocycles. The lowest BCUT2D eigenvalue weighted by molar-refractivity contribution is -0.123. The van der Waals surface area contributed by atoms with E-state index in [2.05, 4.69) is 0 Å². The molecule has 100 valence electrons. The molecule has 1 rings (SSSR count). The van der Waals surface area contributed by atoms with Gasteiger partial charge in [-0.25, -0.2) is 0 Å². The predicted octanol–water partition coefficient (Wildman–Crippen LogP) is 1.66. The van der Waals surface area contributed by atoms with Crippen LogP contribution in [0.3, 0.4) is 0 Å². The summed E-state index contributed by atoms with van der Waals surface area (Å²) in [4.78, 5) is 13.2. The van der Waals surface area contributed by atoms with Crippen molar-refractivity contribution in [3.05, 3.63) is 34.9 Å². The molecule has 1 atom stereocenters. The minimum Gasteiger partial charge on any atom is -0.383 e. The Kier molecular flexibility index (Phi) is 6.12. The van der Waals surface area contributed by atoms with Crippen LogP contribution in [0, 0.1) is 0 Å². The third-order valence-corrected chi connectivity index (χ3v) is 3.24. The van der Waals surface area contributed by atoms with Gasteiger partial charge in [-0.15, -0.1) is 0 Å². The number of amides is 1. The largest absolute Gasteiger partial charge is 0.383 e. The van der Waals surface area contributed by atoms with Crippen molar-refractivity contribution >= 4 is 17.5 Å². The molecule has 0 aliphatic carbocycles. The molecule has 0 radical (unpaired) electrons. The number of rotatable bonds is 7. The minimum absolute atomic E-state index is 0.349. The number of primary amides is 1. The Bertz CT molecular complexity index is 398. The molecule has 0 heterocycles. The normalized spacial score (nSPS) is 12.7. The lowest BCUT2D eigenvalue weighted by Gasteiger charge is -2.27. The van der Waals surface area contributed by atoms with Gasteiger partial charge in [-0.05, 0) is 18.6 Å². The molecule has 18 heavy (non-hydrogen) atoms. The van der Waals surface area contributed by atoms with Crippen molar-refractivity contribution in [1.82, 2.24) is 4.90 Å². The van der Waals surface area contributed by atoms with Crippen molar-refractivity contribution in [2.45, 2.75) is 19.5 Å². The molecule has 2 N–H and O–H groups in total. The topological polar surface area (TPSA) is 55.6 Å². The van der Waals surface area contributed by atoms with Gasteiger partial charge >= 0.3 is 0 Å². The highest BCUT2D eigenvalue weighted by Crippen LogP contribution is 2.18. The smallest absolute Gasteiger partial charge is 0.234 e. The van der Waals surface area contributed by atoms with Crippen LogP contribution in [-0.2, 0) is 16.1 Å². The van der Waals surface area contributed by atoms with Gasteiger partial charge in [0.25, 0.3) is 0 Å². The van der Waals surface area contributed by atoms with Gasteiger partial charge in [0, 0.05) is 25.2 Å². The Morgan fingerprint density at radius 1 is 1.50 bits per heavy atom. The summed E-state index contributed by atoms with van der Waals surface area (Å²) in [6.45, 7) is 3.54. The fraction of sp³-hybridized carbons (Fsp3) is 0.462. The zero-order valence-corrected chi connectivity index (χ0v) is 11.5. The summed E-state index contributed by atoms with van der Waals surface area (Å²) >= 11 is 6.11. The molecule has 4 nitrogen and oxygen atoms in total. The second-order valence-corrected chi connectivity index (χ2v) is 4.54. The molecule has 0 spiro atoms. The van der Waals surface area contributed by atoms with E-state index in [4.69, 9.17) is 22.1 Å². The molecule has 0 aliphatic heterocycles. The molecular formula is C13H19ClN2O2. The lowest BCUT2D eigenvalue weighted by Crippen LogP contribution is -2.43. The average Bonchev–Trinajstić information content (AvgIpc) is 2.35. The SMILES string of the molecule is COCCN(Cc1ccccc1Cl)C(C)C(N)=O. The zero-order chi connectivity index (χ0) is 13.5. The molecular weight excluding hydrogens is 252 g/mol. The van der Waals surface area contributed by atoms with Gasteiger partial charge in [0.05, 0.1) is 12.6 Å². The number of nitrogens with zero attached hydrogens (tertiary/aromatic N) is 1. The highest BCUT2D eigenvalue weighted by Gasteiger charge is 2.19. The number of halogens is 1. The van der Waals surface area contributed by atoms with Crippen LogP contribution < -0.4 is 5.73 Å². The number of nitrogens with two attached hydrogens (primary N) is 1. The number of benzene rings is 1. The van der Waals surface area contributed by atoms with Crippen LogP contribution >= 0.6 is 11.6 Å². The summed E-state index contributed by atoms with van der Waals surface area (Å²) in [6, 6.07) is 7.22. The van der Waals surface area contributed by atoms with E-state index in [1.54, 1.807) is 14.0 Å².